The lowest BCUT2D eigenvalue weighted by molar-refractivity contribution is -0.141. The summed E-state index contributed by atoms with van der Waals surface area (Å²) in [6, 6.07) is 0. The highest BCUT2D eigenvalue weighted by molar-refractivity contribution is 7.92. The van der Waals surface area contributed by atoms with Crippen molar-refractivity contribution < 1.29 is 17.9 Å². The smallest absolute Gasteiger partial charge is 0.226 e. The third-order valence-corrected chi connectivity index (χ3v) is 6.78. The lowest BCUT2D eigenvalue weighted by Gasteiger charge is -2.36. The van der Waals surface area contributed by atoms with Gasteiger partial charge in [-0.1, -0.05) is 0 Å². The van der Waals surface area contributed by atoms with Gasteiger partial charge in [0.15, 0.2) is 9.84 Å². The van der Waals surface area contributed by atoms with Crippen LogP contribution in [0.3, 0.4) is 0 Å². The maximum atomic E-state index is 12.6. The monoisotopic (exact) mass is 288 g/mol. The van der Waals surface area contributed by atoms with Crippen molar-refractivity contribution in [3.05, 3.63) is 0 Å². The zero-order valence-electron chi connectivity index (χ0n) is 10.9. The molecule has 0 aliphatic carbocycles. The van der Waals surface area contributed by atoms with Crippen molar-refractivity contribution in [1.82, 2.24) is 10.2 Å². The Hall–Kier alpha value is -0.660. The van der Waals surface area contributed by atoms with Gasteiger partial charge < -0.3 is 15.0 Å². The van der Waals surface area contributed by atoms with E-state index in [1.807, 2.05) is 4.90 Å². The molecule has 3 rings (SSSR count). The molecular weight excluding hydrogens is 268 g/mol. The number of rotatable bonds is 1. The molecule has 6 nitrogen and oxygen atoms in total. The first kappa shape index (κ1) is 13.3. The predicted octanol–water partition coefficient (Wildman–Crippen LogP) is -1.13. The molecule has 3 atom stereocenters. The summed E-state index contributed by atoms with van der Waals surface area (Å²) in [7, 11) is -3.02. The van der Waals surface area contributed by atoms with Crippen LogP contribution in [0.4, 0.5) is 0 Å². The fourth-order valence-corrected chi connectivity index (χ4v) is 5.53. The summed E-state index contributed by atoms with van der Waals surface area (Å²) < 4.78 is 29.3. The molecule has 0 unspecified atom stereocenters. The molecule has 7 heteroatoms. The van der Waals surface area contributed by atoms with Crippen molar-refractivity contribution >= 4 is 15.7 Å². The van der Waals surface area contributed by atoms with E-state index in [4.69, 9.17) is 4.74 Å². The molecule has 0 aromatic rings. The van der Waals surface area contributed by atoms with E-state index in [1.165, 1.54) is 0 Å². The molecule has 0 spiro atoms. The number of hydrogen-bond acceptors (Lipinski definition) is 5. The average Bonchev–Trinajstić information content (AvgIpc) is 2.90. The highest BCUT2D eigenvalue weighted by Crippen LogP contribution is 2.34. The summed E-state index contributed by atoms with van der Waals surface area (Å²) in [5, 5.41) is 2.77. The number of morpholine rings is 1. The van der Waals surface area contributed by atoms with Gasteiger partial charge in [0.05, 0.1) is 24.2 Å². The van der Waals surface area contributed by atoms with Crippen LogP contribution in [0.1, 0.15) is 6.42 Å². The Morgan fingerprint density at radius 1 is 1.21 bits per heavy atom. The predicted molar refractivity (Wildman–Crippen MR) is 69.4 cm³/mol. The first-order valence-corrected chi connectivity index (χ1v) is 8.60. The van der Waals surface area contributed by atoms with E-state index in [1.54, 1.807) is 0 Å². The molecule has 1 amide bonds. The van der Waals surface area contributed by atoms with Crippen molar-refractivity contribution in [1.29, 1.82) is 0 Å². The molecule has 3 aliphatic heterocycles. The molecule has 108 valence electrons. The van der Waals surface area contributed by atoms with E-state index in [2.05, 4.69) is 5.32 Å². The number of ether oxygens (including phenoxy) is 1. The minimum Gasteiger partial charge on any atom is -0.378 e. The second kappa shape index (κ2) is 5.03. The highest BCUT2D eigenvalue weighted by Gasteiger charge is 2.48. The molecule has 0 aromatic carbocycles. The number of hydrogen-bond donors (Lipinski definition) is 1. The summed E-state index contributed by atoms with van der Waals surface area (Å²) in [6.45, 7) is 3.58. The summed E-state index contributed by atoms with van der Waals surface area (Å²) >= 11 is 0. The van der Waals surface area contributed by atoms with Crippen molar-refractivity contribution in [2.75, 3.05) is 45.1 Å². The number of carbonyl (C=O) groups excluding carboxylic acids is 1. The Labute approximate surface area is 113 Å². The standard InChI is InChI=1S/C12H20N2O4S/c15-12(14-2-4-18-5-3-14)9-1-6-19(16,17)11-8-13-7-10(9)11/h9-11,13H,1-8H2/t9-,10+,11+/m0/s1. The number of amides is 1. The summed E-state index contributed by atoms with van der Waals surface area (Å²) in [4.78, 5) is 14.4. The van der Waals surface area contributed by atoms with Gasteiger partial charge in [0.1, 0.15) is 0 Å². The highest BCUT2D eigenvalue weighted by atomic mass is 32.2. The molecule has 3 fully saturated rings. The molecular formula is C12H20N2O4S. The van der Waals surface area contributed by atoms with Crippen LogP contribution >= 0.6 is 0 Å². The molecule has 0 aromatic heterocycles. The topological polar surface area (TPSA) is 75.7 Å². The van der Waals surface area contributed by atoms with Crippen LogP contribution in [0.5, 0.6) is 0 Å². The van der Waals surface area contributed by atoms with Crippen LogP contribution in [-0.4, -0.2) is 69.6 Å². The molecule has 0 radical (unpaired) electrons. The molecule has 3 heterocycles. The molecule has 1 N–H and O–H groups in total. The minimum atomic E-state index is -3.02. The van der Waals surface area contributed by atoms with Crippen LogP contribution in [0.2, 0.25) is 0 Å². The maximum Gasteiger partial charge on any atom is 0.226 e. The summed E-state index contributed by atoms with van der Waals surface area (Å²) in [6.07, 6.45) is 0.474. The summed E-state index contributed by atoms with van der Waals surface area (Å²) in [5.74, 6) is 0.0870. The quantitative estimate of drug-likeness (QED) is 0.661. The van der Waals surface area contributed by atoms with E-state index in [9.17, 15) is 13.2 Å². The van der Waals surface area contributed by atoms with E-state index in [0.29, 0.717) is 45.8 Å². The van der Waals surface area contributed by atoms with Crippen LogP contribution in [0, 0.1) is 11.8 Å². The third-order valence-electron chi connectivity index (χ3n) is 4.53. The lowest BCUT2D eigenvalue weighted by atomic mass is 9.87. The second-order valence-corrected chi connectivity index (χ2v) is 7.90. The number of nitrogens with one attached hydrogen (secondary N) is 1. The average molecular weight is 288 g/mol. The Balaban J connectivity index is 1.76. The van der Waals surface area contributed by atoms with Gasteiger partial charge in [-0.2, -0.15) is 0 Å². The normalized spacial score (nSPS) is 37.9. The van der Waals surface area contributed by atoms with Gasteiger partial charge >= 0.3 is 0 Å². The van der Waals surface area contributed by atoms with Crippen molar-refractivity contribution in [2.24, 2.45) is 11.8 Å². The van der Waals surface area contributed by atoms with E-state index < -0.39 is 9.84 Å². The Bertz CT molecular complexity index is 458. The number of carbonyl (C=O) groups is 1. The Kier molecular flexibility index (Phi) is 3.53. The Morgan fingerprint density at radius 2 is 1.95 bits per heavy atom. The van der Waals surface area contributed by atoms with Gasteiger partial charge in [0.25, 0.3) is 0 Å². The van der Waals surface area contributed by atoms with Crippen LogP contribution in [0.25, 0.3) is 0 Å². The first-order chi connectivity index (χ1) is 9.09. The van der Waals surface area contributed by atoms with Gasteiger partial charge in [0.2, 0.25) is 5.91 Å². The van der Waals surface area contributed by atoms with Crippen LogP contribution in [0.15, 0.2) is 0 Å². The van der Waals surface area contributed by atoms with Crippen LogP contribution < -0.4 is 5.32 Å². The van der Waals surface area contributed by atoms with Crippen molar-refractivity contribution in [3.63, 3.8) is 0 Å². The van der Waals surface area contributed by atoms with Crippen molar-refractivity contribution in [2.45, 2.75) is 11.7 Å². The number of fused-ring (bicyclic) bond motifs is 1. The maximum absolute atomic E-state index is 12.6. The first-order valence-electron chi connectivity index (χ1n) is 6.88. The largest absolute Gasteiger partial charge is 0.378 e. The lowest BCUT2D eigenvalue weighted by Crippen LogP contribution is -2.50. The molecule has 0 saturated carbocycles. The molecule has 0 bridgehead atoms. The summed E-state index contributed by atoms with van der Waals surface area (Å²) in [5.41, 5.74) is 0. The van der Waals surface area contributed by atoms with Gasteiger partial charge in [-0.05, 0) is 6.42 Å². The van der Waals surface area contributed by atoms with Gasteiger partial charge in [-0.15, -0.1) is 0 Å². The van der Waals surface area contributed by atoms with Gasteiger partial charge in [0, 0.05) is 38.0 Å². The van der Waals surface area contributed by atoms with Gasteiger partial charge in [-0.25, -0.2) is 8.42 Å². The molecule has 3 saturated heterocycles. The SMILES string of the molecule is O=C([C@H]1CCS(=O)(=O)[C@@H]2CNC[C@H]12)N1CCOCC1. The zero-order chi connectivity index (χ0) is 13.5. The third kappa shape index (κ3) is 2.39. The van der Waals surface area contributed by atoms with E-state index in [-0.39, 0.29) is 28.7 Å². The number of nitrogens with zero attached hydrogens (tertiary/aromatic N) is 1. The Morgan fingerprint density at radius 3 is 2.68 bits per heavy atom. The van der Waals surface area contributed by atoms with E-state index in [0.717, 1.165) is 0 Å². The minimum absolute atomic E-state index is 0.0471. The fraction of sp³-hybridized carbons (Fsp3) is 0.917. The van der Waals surface area contributed by atoms with Crippen molar-refractivity contribution in [3.8, 4) is 0 Å². The van der Waals surface area contributed by atoms with Crippen LogP contribution in [-0.2, 0) is 19.4 Å². The van der Waals surface area contributed by atoms with Gasteiger partial charge in [-0.3, -0.25) is 4.79 Å². The van der Waals surface area contributed by atoms with E-state index >= 15 is 0 Å². The zero-order valence-corrected chi connectivity index (χ0v) is 11.7. The molecule has 3 aliphatic rings. The second-order valence-electron chi connectivity index (χ2n) is 5.56. The fourth-order valence-electron chi connectivity index (χ4n) is 3.45. The number of sulfone groups is 1. The molecule has 19 heavy (non-hydrogen) atoms.